The van der Waals surface area contributed by atoms with Crippen LogP contribution in [0.4, 0.5) is 10.1 Å². The Morgan fingerprint density at radius 1 is 1.10 bits per heavy atom. The summed E-state index contributed by atoms with van der Waals surface area (Å²) in [4.78, 5) is 25.3. The standard InChI is InChI=1S/C22H25FN4O3/c1-12-11-19(14(3)27(12)18-9-7-17(23)8-10-18)22(29)30-16(5)21(28)24-20-13(2)25-26(6)15(20)4/h7-11,16H,1-6H3,(H,24,28). The fourth-order valence-corrected chi connectivity index (χ4v) is 3.41. The van der Waals surface area contributed by atoms with Gasteiger partial charge in [-0.05, 0) is 65.0 Å². The minimum Gasteiger partial charge on any atom is -0.449 e. The van der Waals surface area contributed by atoms with Crippen LogP contribution >= 0.6 is 0 Å². The Bertz CT molecular complexity index is 1110. The number of amides is 1. The molecular weight excluding hydrogens is 387 g/mol. The molecule has 3 rings (SSSR count). The van der Waals surface area contributed by atoms with Gasteiger partial charge in [0.15, 0.2) is 6.10 Å². The SMILES string of the molecule is Cc1nn(C)c(C)c1NC(=O)C(C)OC(=O)c1cc(C)n(-c2ccc(F)cc2)c1C. The predicted molar refractivity (Wildman–Crippen MR) is 111 cm³/mol. The van der Waals surface area contributed by atoms with Gasteiger partial charge in [0.2, 0.25) is 0 Å². The molecule has 1 N–H and O–H groups in total. The van der Waals surface area contributed by atoms with Crippen LogP contribution in [0.3, 0.4) is 0 Å². The van der Waals surface area contributed by atoms with E-state index in [1.165, 1.54) is 19.1 Å². The van der Waals surface area contributed by atoms with Crippen LogP contribution in [0.2, 0.25) is 0 Å². The van der Waals surface area contributed by atoms with Crippen molar-refractivity contribution in [1.29, 1.82) is 0 Å². The number of nitrogens with one attached hydrogen (secondary N) is 1. The van der Waals surface area contributed by atoms with Crippen LogP contribution < -0.4 is 5.32 Å². The summed E-state index contributed by atoms with van der Waals surface area (Å²) in [6.07, 6.45) is -0.995. The first-order chi connectivity index (χ1) is 14.1. The second-order valence-corrected chi connectivity index (χ2v) is 7.30. The number of carbonyl (C=O) groups excluding carboxylic acids is 2. The highest BCUT2D eigenvalue weighted by Gasteiger charge is 2.24. The first kappa shape index (κ1) is 21.3. The van der Waals surface area contributed by atoms with Crippen molar-refractivity contribution >= 4 is 17.6 Å². The Labute approximate surface area is 174 Å². The van der Waals surface area contributed by atoms with Gasteiger partial charge in [-0.25, -0.2) is 9.18 Å². The molecule has 0 aliphatic carbocycles. The van der Waals surface area contributed by atoms with Gasteiger partial charge in [-0.2, -0.15) is 5.10 Å². The topological polar surface area (TPSA) is 78.2 Å². The van der Waals surface area contributed by atoms with Crippen molar-refractivity contribution in [1.82, 2.24) is 14.3 Å². The quantitative estimate of drug-likeness (QED) is 0.647. The number of carbonyl (C=O) groups is 2. The lowest BCUT2D eigenvalue weighted by Crippen LogP contribution is -2.30. The van der Waals surface area contributed by atoms with Crippen molar-refractivity contribution in [3.05, 3.63) is 64.5 Å². The normalized spacial score (nSPS) is 12.0. The summed E-state index contributed by atoms with van der Waals surface area (Å²) in [5.74, 6) is -1.37. The monoisotopic (exact) mass is 412 g/mol. The van der Waals surface area contributed by atoms with E-state index in [-0.39, 0.29) is 5.82 Å². The van der Waals surface area contributed by atoms with Crippen LogP contribution in [0, 0.1) is 33.5 Å². The second-order valence-electron chi connectivity index (χ2n) is 7.30. The third-order valence-electron chi connectivity index (χ3n) is 5.15. The highest BCUT2D eigenvalue weighted by molar-refractivity contribution is 5.98. The molecule has 0 aliphatic rings. The number of esters is 1. The number of halogens is 1. The summed E-state index contributed by atoms with van der Waals surface area (Å²) in [7, 11) is 1.79. The molecule has 8 heteroatoms. The minimum absolute atomic E-state index is 0.334. The van der Waals surface area contributed by atoms with Crippen LogP contribution in [0.25, 0.3) is 5.69 Å². The summed E-state index contributed by atoms with van der Waals surface area (Å²) in [6, 6.07) is 7.70. The van der Waals surface area contributed by atoms with Gasteiger partial charge in [0.1, 0.15) is 5.82 Å². The lowest BCUT2D eigenvalue weighted by molar-refractivity contribution is -0.123. The molecule has 2 heterocycles. The average molecular weight is 412 g/mol. The van der Waals surface area contributed by atoms with E-state index in [1.807, 2.05) is 18.4 Å². The number of rotatable bonds is 5. The Balaban J connectivity index is 1.76. The second kappa shape index (κ2) is 8.14. The molecule has 7 nitrogen and oxygen atoms in total. The highest BCUT2D eigenvalue weighted by Crippen LogP contribution is 2.23. The summed E-state index contributed by atoms with van der Waals surface area (Å²) >= 11 is 0. The zero-order valence-corrected chi connectivity index (χ0v) is 17.9. The molecular formula is C22H25FN4O3. The van der Waals surface area contributed by atoms with Crippen molar-refractivity contribution in [2.45, 2.75) is 40.7 Å². The molecule has 0 saturated heterocycles. The summed E-state index contributed by atoms with van der Waals surface area (Å²) < 4.78 is 22.2. The number of aromatic nitrogens is 3. The van der Waals surface area contributed by atoms with Crippen molar-refractivity contribution in [3.63, 3.8) is 0 Å². The first-order valence-corrected chi connectivity index (χ1v) is 9.57. The maximum Gasteiger partial charge on any atom is 0.340 e. The van der Waals surface area contributed by atoms with Crippen LogP contribution in [0.5, 0.6) is 0 Å². The smallest absolute Gasteiger partial charge is 0.340 e. The van der Waals surface area contributed by atoms with Gasteiger partial charge in [-0.3, -0.25) is 9.48 Å². The third kappa shape index (κ3) is 3.98. The van der Waals surface area contributed by atoms with Crippen molar-refractivity contribution in [2.75, 3.05) is 5.32 Å². The van der Waals surface area contributed by atoms with Crippen LogP contribution in [0.1, 0.15) is 40.1 Å². The van der Waals surface area contributed by atoms with Gasteiger partial charge < -0.3 is 14.6 Å². The van der Waals surface area contributed by atoms with Gasteiger partial charge in [-0.1, -0.05) is 0 Å². The molecule has 0 bridgehead atoms. The lowest BCUT2D eigenvalue weighted by atomic mass is 10.2. The summed E-state index contributed by atoms with van der Waals surface area (Å²) in [5.41, 5.74) is 4.64. The summed E-state index contributed by atoms with van der Waals surface area (Å²) in [6.45, 7) is 8.78. The molecule has 0 radical (unpaired) electrons. The van der Waals surface area contributed by atoms with Crippen molar-refractivity contribution in [3.8, 4) is 5.69 Å². The zero-order valence-electron chi connectivity index (χ0n) is 17.9. The molecule has 0 saturated carbocycles. The van der Waals surface area contributed by atoms with Gasteiger partial charge in [-0.15, -0.1) is 0 Å². The average Bonchev–Trinajstić information content (AvgIpc) is 3.12. The first-order valence-electron chi connectivity index (χ1n) is 9.57. The Morgan fingerprint density at radius 2 is 1.73 bits per heavy atom. The van der Waals surface area contributed by atoms with E-state index < -0.39 is 18.0 Å². The van der Waals surface area contributed by atoms with E-state index in [1.54, 1.807) is 43.8 Å². The van der Waals surface area contributed by atoms with Gasteiger partial charge in [0.05, 0.1) is 22.6 Å². The fourth-order valence-electron chi connectivity index (χ4n) is 3.41. The van der Waals surface area contributed by atoms with Crippen molar-refractivity contribution < 1.29 is 18.7 Å². The number of hydrogen-bond acceptors (Lipinski definition) is 4. The minimum atomic E-state index is -0.995. The maximum atomic E-state index is 13.2. The molecule has 1 unspecified atom stereocenters. The Morgan fingerprint density at radius 3 is 2.30 bits per heavy atom. The number of nitrogens with zero attached hydrogens (tertiary/aromatic N) is 3. The van der Waals surface area contributed by atoms with Gasteiger partial charge in [0, 0.05) is 24.1 Å². The number of aryl methyl sites for hydroxylation is 3. The van der Waals surface area contributed by atoms with E-state index in [9.17, 15) is 14.0 Å². The molecule has 0 spiro atoms. The van der Waals surface area contributed by atoms with E-state index in [0.717, 1.165) is 17.1 Å². The van der Waals surface area contributed by atoms with E-state index in [0.29, 0.717) is 22.6 Å². The molecule has 2 aromatic heterocycles. The number of anilines is 1. The van der Waals surface area contributed by atoms with E-state index in [2.05, 4.69) is 10.4 Å². The molecule has 1 aromatic carbocycles. The third-order valence-corrected chi connectivity index (χ3v) is 5.15. The molecule has 1 amide bonds. The van der Waals surface area contributed by atoms with E-state index in [4.69, 9.17) is 4.74 Å². The number of ether oxygens (including phenoxy) is 1. The Kier molecular flexibility index (Phi) is 5.78. The molecule has 1 atom stereocenters. The molecule has 0 fully saturated rings. The number of hydrogen-bond donors (Lipinski definition) is 1. The molecule has 3 aromatic rings. The maximum absolute atomic E-state index is 13.2. The summed E-state index contributed by atoms with van der Waals surface area (Å²) in [5, 5.41) is 7.04. The largest absolute Gasteiger partial charge is 0.449 e. The fraction of sp³-hybridized carbons (Fsp3) is 0.318. The zero-order chi connectivity index (χ0) is 22.2. The molecule has 158 valence electrons. The molecule has 30 heavy (non-hydrogen) atoms. The van der Waals surface area contributed by atoms with Crippen LogP contribution in [0.15, 0.2) is 30.3 Å². The van der Waals surface area contributed by atoms with Crippen molar-refractivity contribution in [2.24, 2.45) is 7.05 Å². The van der Waals surface area contributed by atoms with Gasteiger partial charge in [0.25, 0.3) is 5.91 Å². The molecule has 0 aliphatic heterocycles. The van der Waals surface area contributed by atoms with Gasteiger partial charge >= 0.3 is 5.97 Å². The van der Waals surface area contributed by atoms with Crippen LogP contribution in [-0.4, -0.2) is 32.3 Å². The van der Waals surface area contributed by atoms with E-state index >= 15 is 0 Å². The highest BCUT2D eigenvalue weighted by atomic mass is 19.1. The number of benzene rings is 1. The Hall–Kier alpha value is -3.42. The van der Waals surface area contributed by atoms with Crippen LogP contribution in [-0.2, 0) is 16.6 Å². The lowest BCUT2D eigenvalue weighted by Gasteiger charge is -2.14. The predicted octanol–water partition coefficient (Wildman–Crippen LogP) is 3.77.